The third-order valence-corrected chi connectivity index (χ3v) is 4.04. The van der Waals surface area contributed by atoms with Crippen molar-refractivity contribution in [2.24, 2.45) is 0 Å². The van der Waals surface area contributed by atoms with E-state index < -0.39 is 10.1 Å². The van der Waals surface area contributed by atoms with Gasteiger partial charge in [0.1, 0.15) is 12.7 Å². The molecule has 1 atom stereocenters. The summed E-state index contributed by atoms with van der Waals surface area (Å²) >= 11 is 0. The largest absolute Gasteiger partial charge is 0.496 e. The van der Waals surface area contributed by atoms with Gasteiger partial charge in [-0.05, 0) is 38.0 Å². The zero-order valence-corrected chi connectivity index (χ0v) is 11.0. The highest BCUT2D eigenvalue weighted by Crippen LogP contribution is 2.16. The van der Waals surface area contributed by atoms with Gasteiger partial charge in [-0.25, -0.2) is 0 Å². The summed E-state index contributed by atoms with van der Waals surface area (Å²) in [7, 11) is -3.68. The SMILES string of the molecule is Cc1ccc(S(=O)(=O)OCC2CCC=CO2)cc1. The number of hydrogen-bond acceptors (Lipinski definition) is 4. The Bertz CT molecular complexity index is 516. The van der Waals surface area contributed by atoms with E-state index in [1.165, 1.54) is 0 Å². The Morgan fingerprint density at radius 2 is 2.06 bits per heavy atom. The van der Waals surface area contributed by atoms with Crippen LogP contribution in [0.2, 0.25) is 0 Å². The summed E-state index contributed by atoms with van der Waals surface area (Å²) in [5, 5.41) is 0. The summed E-state index contributed by atoms with van der Waals surface area (Å²) in [5.74, 6) is 0. The standard InChI is InChI=1S/C13H16O4S/c1-11-5-7-13(8-6-11)18(14,15)17-10-12-4-2-3-9-16-12/h3,5-9,12H,2,4,10H2,1H3. The fourth-order valence-electron chi connectivity index (χ4n) is 1.65. The molecular formula is C13H16O4S. The molecule has 0 bridgehead atoms. The molecule has 98 valence electrons. The van der Waals surface area contributed by atoms with Crippen LogP contribution in [0.1, 0.15) is 18.4 Å². The number of aryl methyl sites for hydroxylation is 1. The third-order valence-electron chi connectivity index (χ3n) is 2.74. The van der Waals surface area contributed by atoms with Gasteiger partial charge in [0.2, 0.25) is 0 Å². The Morgan fingerprint density at radius 1 is 1.33 bits per heavy atom. The smallest absolute Gasteiger partial charge is 0.297 e. The van der Waals surface area contributed by atoms with Gasteiger partial charge in [-0.2, -0.15) is 8.42 Å². The first-order chi connectivity index (χ1) is 8.58. The summed E-state index contributed by atoms with van der Waals surface area (Å²) in [6.07, 6.45) is 4.98. The van der Waals surface area contributed by atoms with Crippen molar-refractivity contribution < 1.29 is 17.3 Å². The molecule has 0 aliphatic carbocycles. The lowest BCUT2D eigenvalue weighted by Gasteiger charge is -2.18. The maximum absolute atomic E-state index is 11.9. The maximum Gasteiger partial charge on any atom is 0.297 e. The predicted molar refractivity (Wildman–Crippen MR) is 67.6 cm³/mol. The Balaban J connectivity index is 1.99. The first-order valence-electron chi connectivity index (χ1n) is 5.84. The lowest BCUT2D eigenvalue weighted by Crippen LogP contribution is -2.22. The minimum Gasteiger partial charge on any atom is -0.496 e. The molecule has 2 rings (SSSR count). The van der Waals surface area contributed by atoms with E-state index in [1.807, 2.05) is 13.0 Å². The van der Waals surface area contributed by atoms with E-state index in [2.05, 4.69) is 0 Å². The fraction of sp³-hybridized carbons (Fsp3) is 0.385. The zero-order chi connectivity index (χ0) is 13.0. The van der Waals surface area contributed by atoms with Gasteiger partial charge in [0.15, 0.2) is 0 Å². The predicted octanol–water partition coefficient (Wildman–Crippen LogP) is 2.39. The molecular weight excluding hydrogens is 252 g/mol. The van der Waals surface area contributed by atoms with E-state index in [0.717, 1.165) is 18.4 Å². The summed E-state index contributed by atoms with van der Waals surface area (Å²) in [6.45, 7) is 1.96. The van der Waals surface area contributed by atoms with Crippen molar-refractivity contribution in [3.05, 3.63) is 42.2 Å². The highest BCUT2D eigenvalue weighted by molar-refractivity contribution is 7.86. The van der Waals surface area contributed by atoms with Crippen LogP contribution in [0.5, 0.6) is 0 Å². The molecule has 0 fully saturated rings. The van der Waals surface area contributed by atoms with Gasteiger partial charge >= 0.3 is 0 Å². The summed E-state index contributed by atoms with van der Waals surface area (Å²) in [4.78, 5) is 0.180. The fourth-order valence-corrected chi connectivity index (χ4v) is 2.58. The minimum absolute atomic E-state index is 0.0561. The van der Waals surface area contributed by atoms with Crippen molar-refractivity contribution in [3.63, 3.8) is 0 Å². The van der Waals surface area contributed by atoms with Crippen LogP contribution in [-0.4, -0.2) is 21.1 Å². The molecule has 0 spiro atoms. The van der Waals surface area contributed by atoms with Gasteiger partial charge in [0.25, 0.3) is 10.1 Å². The first kappa shape index (κ1) is 13.1. The molecule has 0 amide bonds. The molecule has 1 aliphatic rings. The molecule has 1 unspecified atom stereocenters. The number of rotatable bonds is 4. The van der Waals surface area contributed by atoms with Gasteiger partial charge in [0, 0.05) is 0 Å². The van der Waals surface area contributed by atoms with Crippen molar-refractivity contribution in [2.45, 2.75) is 30.8 Å². The Hall–Kier alpha value is -1.33. The van der Waals surface area contributed by atoms with Crippen LogP contribution in [0.3, 0.4) is 0 Å². The Morgan fingerprint density at radius 3 is 2.67 bits per heavy atom. The Labute approximate surface area is 107 Å². The molecule has 1 aromatic rings. The van der Waals surface area contributed by atoms with E-state index in [-0.39, 0.29) is 17.6 Å². The highest BCUT2D eigenvalue weighted by atomic mass is 32.2. The van der Waals surface area contributed by atoms with Crippen LogP contribution in [0, 0.1) is 6.92 Å². The van der Waals surface area contributed by atoms with Crippen molar-refractivity contribution in [2.75, 3.05) is 6.61 Å². The molecule has 1 heterocycles. The number of hydrogen-bond donors (Lipinski definition) is 0. The molecule has 1 aliphatic heterocycles. The number of benzene rings is 1. The van der Waals surface area contributed by atoms with Crippen LogP contribution < -0.4 is 0 Å². The number of ether oxygens (including phenoxy) is 1. The Kier molecular flexibility index (Phi) is 4.04. The van der Waals surface area contributed by atoms with E-state index in [4.69, 9.17) is 8.92 Å². The molecule has 0 saturated heterocycles. The quantitative estimate of drug-likeness (QED) is 0.787. The van der Waals surface area contributed by atoms with Crippen LogP contribution in [0.25, 0.3) is 0 Å². The topological polar surface area (TPSA) is 52.6 Å². The first-order valence-corrected chi connectivity index (χ1v) is 7.25. The highest BCUT2D eigenvalue weighted by Gasteiger charge is 2.19. The average Bonchev–Trinajstić information content (AvgIpc) is 2.38. The van der Waals surface area contributed by atoms with Gasteiger partial charge in [-0.3, -0.25) is 4.18 Å². The van der Waals surface area contributed by atoms with Crippen molar-refractivity contribution in [1.29, 1.82) is 0 Å². The molecule has 5 heteroatoms. The summed E-state index contributed by atoms with van der Waals surface area (Å²) < 4.78 is 34.0. The van der Waals surface area contributed by atoms with E-state index in [1.54, 1.807) is 30.5 Å². The van der Waals surface area contributed by atoms with Crippen molar-refractivity contribution >= 4 is 10.1 Å². The van der Waals surface area contributed by atoms with Gasteiger partial charge in [-0.15, -0.1) is 0 Å². The lowest BCUT2D eigenvalue weighted by atomic mass is 10.2. The summed E-state index contributed by atoms with van der Waals surface area (Å²) in [6, 6.07) is 6.59. The second kappa shape index (κ2) is 5.54. The molecule has 0 N–H and O–H groups in total. The van der Waals surface area contributed by atoms with Gasteiger partial charge < -0.3 is 4.74 Å². The summed E-state index contributed by atoms with van der Waals surface area (Å²) in [5.41, 5.74) is 1.01. The van der Waals surface area contributed by atoms with Crippen LogP contribution in [-0.2, 0) is 19.0 Å². The van der Waals surface area contributed by atoms with Gasteiger partial charge in [-0.1, -0.05) is 17.7 Å². The lowest BCUT2D eigenvalue weighted by molar-refractivity contribution is 0.0757. The molecule has 0 radical (unpaired) electrons. The zero-order valence-electron chi connectivity index (χ0n) is 10.2. The van der Waals surface area contributed by atoms with Crippen LogP contribution >= 0.6 is 0 Å². The van der Waals surface area contributed by atoms with E-state index in [0.29, 0.717) is 0 Å². The van der Waals surface area contributed by atoms with Crippen molar-refractivity contribution in [1.82, 2.24) is 0 Å². The average molecular weight is 268 g/mol. The van der Waals surface area contributed by atoms with Gasteiger partial charge in [0.05, 0.1) is 11.2 Å². The minimum atomic E-state index is -3.68. The third kappa shape index (κ3) is 3.34. The molecule has 0 aromatic heterocycles. The molecule has 4 nitrogen and oxygen atoms in total. The van der Waals surface area contributed by atoms with Crippen LogP contribution in [0.4, 0.5) is 0 Å². The molecule has 18 heavy (non-hydrogen) atoms. The van der Waals surface area contributed by atoms with Crippen LogP contribution in [0.15, 0.2) is 41.5 Å². The molecule has 0 saturated carbocycles. The maximum atomic E-state index is 11.9. The second-order valence-corrected chi connectivity index (χ2v) is 5.87. The second-order valence-electron chi connectivity index (χ2n) is 4.26. The number of allylic oxidation sites excluding steroid dienone is 1. The van der Waals surface area contributed by atoms with Crippen molar-refractivity contribution in [3.8, 4) is 0 Å². The van der Waals surface area contributed by atoms with E-state index in [9.17, 15) is 8.42 Å². The normalized spacial score (nSPS) is 19.5. The monoisotopic (exact) mass is 268 g/mol. The molecule has 1 aromatic carbocycles. The van der Waals surface area contributed by atoms with E-state index >= 15 is 0 Å².